The Labute approximate surface area is 573 Å². The van der Waals surface area contributed by atoms with E-state index in [2.05, 4.69) is 358 Å². The minimum Gasteiger partial charge on any atom is -0.455 e. The Kier molecular flexibility index (Phi) is 13.7. The normalized spacial score (nSPS) is 12.7. The molecule has 0 saturated carbocycles. The van der Waals surface area contributed by atoms with Gasteiger partial charge in [0, 0.05) is 76.6 Å². The fourth-order valence-corrected chi connectivity index (χ4v) is 15.2. The highest BCUT2D eigenvalue weighted by atomic mass is 16.3. The molecule has 0 aliphatic heterocycles. The lowest BCUT2D eigenvalue weighted by Gasteiger charge is -2.27. The molecule has 6 nitrogen and oxygen atoms in total. The summed E-state index contributed by atoms with van der Waals surface area (Å²) >= 11 is 0. The maximum Gasteiger partial charge on any atom is 0.160 e. The standard InChI is InChI=1S/C92H79N5O/c1-89(2,3)59-47-56(48-60(53-59)90(4,5)6)74-55-75(57-49-61(91(7,8)9)54-62(50-57)92(10,11)12)94-88(93-74)58-51-72(67-33-17-25-41-80(67)95-76-37-21-13-29-63(76)64-30-14-22-38-77(64)95)86(97-82-43-27-19-36-71(82)85-83(97)46-45-70-69-35-20-28-44-84(69)98-87(70)85)73(52-58)68-34-18-26-42-81(68)96-78-39-23-15-31-65(78)66-32-16-24-40-79(66)96/h13-55H,1-12H3. The summed E-state index contributed by atoms with van der Waals surface area (Å²) in [6.07, 6.45) is 0. The average molecular weight is 1270 g/mol. The minimum absolute atomic E-state index is 0.145. The van der Waals surface area contributed by atoms with Crippen molar-refractivity contribution in [3.63, 3.8) is 0 Å². The van der Waals surface area contributed by atoms with E-state index in [9.17, 15) is 0 Å². The first kappa shape index (κ1) is 60.6. The first-order valence-corrected chi connectivity index (χ1v) is 34.5. The van der Waals surface area contributed by atoms with Crippen LogP contribution in [0.4, 0.5) is 0 Å². The highest BCUT2D eigenvalue weighted by Crippen LogP contribution is 2.50. The van der Waals surface area contributed by atoms with Gasteiger partial charge < -0.3 is 18.1 Å². The maximum atomic E-state index is 7.09. The van der Waals surface area contributed by atoms with Crippen molar-refractivity contribution in [2.24, 2.45) is 0 Å². The molecule has 0 fully saturated rings. The summed E-state index contributed by atoms with van der Waals surface area (Å²) in [6.45, 7) is 27.8. The van der Waals surface area contributed by atoms with Crippen LogP contribution < -0.4 is 0 Å². The molecule has 0 aliphatic carbocycles. The predicted molar refractivity (Wildman–Crippen MR) is 414 cm³/mol. The van der Waals surface area contributed by atoms with Gasteiger partial charge in [-0.05, 0) is 147 Å². The molecule has 0 unspecified atom stereocenters. The number of benzene rings is 12. The minimum atomic E-state index is -0.145. The van der Waals surface area contributed by atoms with Gasteiger partial charge in [0.25, 0.3) is 0 Å². The zero-order chi connectivity index (χ0) is 67.3. The van der Waals surface area contributed by atoms with Crippen molar-refractivity contribution in [1.82, 2.24) is 23.7 Å². The molecule has 12 aromatic carbocycles. The molecule has 0 atom stereocenters. The van der Waals surface area contributed by atoms with Crippen LogP contribution in [-0.4, -0.2) is 23.7 Å². The van der Waals surface area contributed by atoms with E-state index in [4.69, 9.17) is 14.4 Å². The largest absolute Gasteiger partial charge is 0.455 e. The van der Waals surface area contributed by atoms with Crippen molar-refractivity contribution in [2.75, 3.05) is 0 Å². The van der Waals surface area contributed by atoms with Crippen LogP contribution in [0.15, 0.2) is 265 Å². The number of hydrogen-bond donors (Lipinski definition) is 0. The zero-order valence-corrected chi connectivity index (χ0v) is 58.0. The second-order valence-corrected chi connectivity index (χ2v) is 31.0. The lowest BCUT2D eigenvalue weighted by atomic mass is 9.79. The van der Waals surface area contributed by atoms with Crippen LogP contribution in [0.5, 0.6) is 0 Å². The number of rotatable bonds is 8. The summed E-state index contributed by atoms with van der Waals surface area (Å²) in [4.78, 5) is 11.9. The van der Waals surface area contributed by atoms with Crippen LogP contribution in [-0.2, 0) is 21.7 Å². The van der Waals surface area contributed by atoms with Gasteiger partial charge in [0.05, 0.1) is 66.9 Å². The van der Waals surface area contributed by atoms with E-state index in [1.165, 1.54) is 43.8 Å². The maximum absolute atomic E-state index is 7.09. The van der Waals surface area contributed by atoms with Crippen LogP contribution in [0.2, 0.25) is 0 Å². The Bertz CT molecular complexity index is 5670. The number of aromatic nitrogens is 5. The first-order chi connectivity index (χ1) is 47.1. The van der Waals surface area contributed by atoms with E-state index in [0.29, 0.717) is 5.82 Å². The van der Waals surface area contributed by atoms with Crippen molar-refractivity contribution in [1.29, 1.82) is 0 Å². The van der Waals surface area contributed by atoms with E-state index < -0.39 is 0 Å². The molecule has 0 spiro atoms. The third-order valence-corrected chi connectivity index (χ3v) is 20.5. The summed E-state index contributed by atoms with van der Waals surface area (Å²) in [5.74, 6) is 0.624. The van der Waals surface area contributed by atoms with Gasteiger partial charge in [-0.1, -0.05) is 241 Å². The number of nitrogens with zero attached hydrogens (tertiary/aromatic N) is 5. The van der Waals surface area contributed by atoms with Gasteiger partial charge in [-0.2, -0.15) is 0 Å². The molecular weight excluding hydrogens is 1190 g/mol. The smallest absolute Gasteiger partial charge is 0.160 e. The quantitative estimate of drug-likeness (QED) is 0.152. The first-order valence-electron chi connectivity index (χ1n) is 34.5. The van der Waals surface area contributed by atoms with Gasteiger partial charge in [0.15, 0.2) is 5.82 Å². The number of fused-ring (bicyclic) bond motifs is 13. The molecule has 478 valence electrons. The number of furan rings is 1. The second-order valence-electron chi connectivity index (χ2n) is 31.0. The monoisotopic (exact) mass is 1270 g/mol. The summed E-state index contributed by atoms with van der Waals surface area (Å²) in [5, 5.41) is 9.10. The summed E-state index contributed by atoms with van der Waals surface area (Å²) < 4.78 is 14.6. The van der Waals surface area contributed by atoms with Crippen molar-refractivity contribution in [3.8, 4) is 73.2 Å². The summed E-state index contributed by atoms with van der Waals surface area (Å²) in [5.41, 5.74) is 24.7. The molecule has 0 radical (unpaired) electrons. The molecular formula is C92H79N5O. The Balaban J connectivity index is 1.07. The zero-order valence-electron chi connectivity index (χ0n) is 58.0. The molecule has 0 bridgehead atoms. The highest BCUT2D eigenvalue weighted by Gasteiger charge is 2.31. The SMILES string of the molecule is CC(C)(C)c1cc(-c2cc(-c3cc(C(C)(C)C)cc(C(C)(C)C)c3)nc(-c3cc(-c4ccccc4-n4c5ccccc5c5ccccc54)c(-n4c5ccccc5c5c6oc7ccccc7c6ccc54)c(-c4ccccc4-n4c5ccccc5c5ccccc54)c3)n2)cc(C(C)(C)C)c1. The van der Waals surface area contributed by atoms with Crippen molar-refractivity contribution in [3.05, 3.63) is 283 Å². The fraction of sp³-hybridized carbons (Fsp3) is 0.174. The molecule has 17 aromatic rings. The van der Waals surface area contributed by atoms with Crippen LogP contribution >= 0.6 is 0 Å². The van der Waals surface area contributed by atoms with Gasteiger partial charge in [0.2, 0.25) is 0 Å². The Morgan fingerprint density at radius 2 is 0.633 bits per heavy atom. The highest BCUT2D eigenvalue weighted by molar-refractivity contribution is 6.24. The summed E-state index contributed by atoms with van der Waals surface area (Å²) in [7, 11) is 0. The van der Waals surface area contributed by atoms with E-state index in [1.54, 1.807) is 0 Å². The molecule has 0 saturated heterocycles. The molecule has 6 heteroatoms. The number of para-hydroxylation sites is 8. The van der Waals surface area contributed by atoms with Crippen LogP contribution in [0.1, 0.15) is 105 Å². The lowest BCUT2D eigenvalue weighted by molar-refractivity contribution is 0.568. The van der Waals surface area contributed by atoms with Crippen LogP contribution in [0, 0.1) is 0 Å². The topological polar surface area (TPSA) is 53.7 Å². The van der Waals surface area contributed by atoms with E-state index in [1.807, 2.05) is 0 Å². The molecule has 98 heavy (non-hydrogen) atoms. The van der Waals surface area contributed by atoms with Gasteiger partial charge in [-0.15, -0.1) is 0 Å². The van der Waals surface area contributed by atoms with Gasteiger partial charge >= 0.3 is 0 Å². The molecule has 5 aromatic heterocycles. The van der Waals surface area contributed by atoms with E-state index >= 15 is 0 Å². The molecule has 0 amide bonds. The molecule has 0 N–H and O–H groups in total. The predicted octanol–water partition coefficient (Wildman–Crippen LogP) is 25.2. The Morgan fingerprint density at radius 3 is 1.05 bits per heavy atom. The Morgan fingerprint density at radius 1 is 0.276 bits per heavy atom. The van der Waals surface area contributed by atoms with Crippen molar-refractivity contribution in [2.45, 2.75) is 105 Å². The van der Waals surface area contributed by atoms with E-state index in [-0.39, 0.29) is 21.7 Å². The van der Waals surface area contributed by atoms with Crippen LogP contribution in [0.3, 0.4) is 0 Å². The molecule has 0 aliphatic rings. The lowest BCUT2D eigenvalue weighted by Crippen LogP contribution is -2.17. The molecule has 5 heterocycles. The average Bonchev–Trinajstić information content (AvgIpc) is 1.53. The fourth-order valence-electron chi connectivity index (χ4n) is 15.2. The Hall–Kier alpha value is -11.1. The van der Waals surface area contributed by atoms with Crippen molar-refractivity contribution < 1.29 is 4.42 Å². The van der Waals surface area contributed by atoms with Gasteiger partial charge in [-0.25, -0.2) is 9.97 Å². The van der Waals surface area contributed by atoms with E-state index in [0.717, 1.165) is 133 Å². The third kappa shape index (κ3) is 9.89. The summed E-state index contributed by atoms with van der Waals surface area (Å²) in [6, 6.07) is 96.8. The molecule has 17 rings (SSSR count). The second kappa shape index (κ2) is 22.2. The van der Waals surface area contributed by atoms with Crippen LogP contribution in [0.25, 0.3) is 161 Å². The third-order valence-electron chi connectivity index (χ3n) is 20.5. The van der Waals surface area contributed by atoms with Gasteiger partial charge in [0.1, 0.15) is 11.2 Å². The number of hydrogen-bond acceptors (Lipinski definition) is 3. The van der Waals surface area contributed by atoms with Crippen molar-refractivity contribution >= 4 is 87.4 Å². The van der Waals surface area contributed by atoms with Gasteiger partial charge in [-0.3, -0.25) is 0 Å².